The number of fused-ring (bicyclic) bond motifs is 1. The summed E-state index contributed by atoms with van der Waals surface area (Å²) in [5.41, 5.74) is 0.755. The SMILES string of the molecule is O=C(O)[C@H]1COc2cc(F)ccc2C1. The molecule has 1 aliphatic heterocycles. The van der Waals surface area contributed by atoms with Gasteiger partial charge in [0, 0.05) is 6.07 Å². The normalized spacial score (nSPS) is 19.6. The van der Waals surface area contributed by atoms with E-state index >= 15 is 0 Å². The van der Waals surface area contributed by atoms with Crippen LogP contribution in [-0.2, 0) is 11.2 Å². The maximum absolute atomic E-state index is 12.8. The molecular formula is C10H9FO3. The van der Waals surface area contributed by atoms with Gasteiger partial charge in [0.2, 0.25) is 0 Å². The Bertz CT molecular complexity index is 376. The average Bonchev–Trinajstić information content (AvgIpc) is 2.16. The van der Waals surface area contributed by atoms with Gasteiger partial charge in [0.1, 0.15) is 18.2 Å². The van der Waals surface area contributed by atoms with Gasteiger partial charge in [0.25, 0.3) is 0 Å². The number of carbonyl (C=O) groups is 1. The van der Waals surface area contributed by atoms with Crippen LogP contribution in [0.4, 0.5) is 4.39 Å². The molecule has 0 aromatic heterocycles. The highest BCUT2D eigenvalue weighted by molar-refractivity contribution is 5.71. The van der Waals surface area contributed by atoms with Crippen molar-refractivity contribution in [1.82, 2.24) is 0 Å². The maximum atomic E-state index is 12.8. The Kier molecular flexibility index (Phi) is 2.11. The van der Waals surface area contributed by atoms with Gasteiger partial charge in [-0.2, -0.15) is 0 Å². The average molecular weight is 196 g/mol. The van der Waals surface area contributed by atoms with Crippen LogP contribution in [0.15, 0.2) is 18.2 Å². The van der Waals surface area contributed by atoms with Crippen LogP contribution >= 0.6 is 0 Å². The summed E-state index contributed by atoms with van der Waals surface area (Å²) in [4.78, 5) is 10.7. The lowest BCUT2D eigenvalue weighted by Crippen LogP contribution is -2.27. The molecule has 1 aromatic carbocycles. The van der Waals surface area contributed by atoms with Crippen molar-refractivity contribution in [1.29, 1.82) is 0 Å². The van der Waals surface area contributed by atoms with Gasteiger partial charge in [-0.15, -0.1) is 0 Å². The second-order valence-corrected chi connectivity index (χ2v) is 3.30. The molecule has 0 spiro atoms. The molecule has 4 heteroatoms. The van der Waals surface area contributed by atoms with E-state index < -0.39 is 11.9 Å². The van der Waals surface area contributed by atoms with Crippen molar-refractivity contribution in [3.63, 3.8) is 0 Å². The van der Waals surface area contributed by atoms with Crippen molar-refractivity contribution in [3.8, 4) is 5.75 Å². The quantitative estimate of drug-likeness (QED) is 0.739. The van der Waals surface area contributed by atoms with Crippen LogP contribution in [0.2, 0.25) is 0 Å². The van der Waals surface area contributed by atoms with E-state index in [2.05, 4.69) is 0 Å². The second kappa shape index (κ2) is 3.29. The Balaban J connectivity index is 2.27. The summed E-state index contributed by atoms with van der Waals surface area (Å²) in [6, 6.07) is 4.17. The zero-order valence-corrected chi connectivity index (χ0v) is 7.37. The smallest absolute Gasteiger partial charge is 0.310 e. The van der Waals surface area contributed by atoms with E-state index in [1.807, 2.05) is 0 Å². The third kappa shape index (κ3) is 1.55. The zero-order valence-electron chi connectivity index (χ0n) is 7.37. The molecule has 0 saturated carbocycles. The third-order valence-electron chi connectivity index (χ3n) is 2.28. The molecule has 1 atom stereocenters. The molecule has 3 nitrogen and oxygen atoms in total. The van der Waals surface area contributed by atoms with Crippen LogP contribution in [0.5, 0.6) is 5.75 Å². The number of hydrogen-bond donors (Lipinski definition) is 1. The number of carboxylic acid groups (broad SMARTS) is 1. The minimum Gasteiger partial charge on any atom is -0.492 e. The second-order valence-electron chi connectivity index (χ2n) is 3.30. The topological polar surface area (TPSA) is 46.5 Å². The number of hydrogen-bond acceptors (Lipinski definition) is 2. The molecule has 1 N–H and O–H groups in total. The molecule has 1 aromatic rings. The van der Waals surface area contributed by atoms with Gasteiger partial charge in [-0.25, -0.2) is 4.39 Å². The van der Waals surface area contributed by atoms with E-state index in [0.717, 1.165) is 5.56 Å². The van der Waals surface area contributed by atoms with E-state index in [1.165, 1.54) is 12.1 Å². The van der Waals surface area contributed by atoms with Crippen molar-refractivity contribution in [3.05, 3.63) is 29.6 Å². The zero-order chi connectivity index (χ0) is 10.1. The summed E-state index contributed by atoms with van der Waals surface area (Å²) < 4.78 is 17.9. The summed E-state index contributed by atoms with van der Waals surface area (Å²) in [6.07, 6.45) is 0.408. The molecule has 0 aliphatic carbocycles. The van der Waals surface area contributed by atoms with E-state index in [9.17, 15) is 9.18 Å². The lowest BCUT2D eigenvalue weighted by Gasteiger charge is -2.22. The highest BCUT2D eigenvalue weighted by atomic mass is 19.1. The molecule has 1 heterocycles. The largest absolute Gasteiger partial charge is 0.492 e. The Labute approximate surface area is 80.1 Å². The van der Waals surface area contributed by atoms with Gasteiger partial charge >= 0.3 is 5.97 Å². The minimum absolute atomic E-state index is 0.117. The summed E-state index contributed by atoms with van der Waals surface area (Å²) in [5, 5.41) is 8.76. The van der Waals surface area contributed by atoms with Gasteiger partial charge in [-0.3, -0.25) is 4.79 Å². The first-order chi connectivity index (χ1) is 6.66. The van der Waals surface area contributed by atoms with E-state index in [4.69, 9.17) is 9.84 Å². The van der Waals surface area contributed by atoms with E-state index in [-0.39, 0.29) is 12.4 Å². The molecule has 1 aliphatic rings. The Hall–Kier alpha value is -1.58. The lowest BCUT2D eigenvalue weighted by atomic mass is 9.97. The summed E-state index contributed by atoms with van der Waals surface area (Å²) in [7, 11) is 0. The molecule has 74 valence electrons. The number of benzene rings is 1. The fourth-order valence-corrected chi connectivity index (χ4v) is 1.50. The fourth-order valence-electron chi connectivity index (χ4n) is 1.50. The summed E-state index contributed by atoms with van der Waals surface area (Å²) in [5.74, 6) is -1.30. The molecule has 0 bridgehead atoms. The first-order valence-corrected chi connectivity index (χ1v) is 4.31. The maximum Gasteiger partial charge on any atom is 0.310 e. The first kappa shape index (κ1) is 8.99. The van der Waals surface area contributed by atoms with Crippen molar-refractivity contribution < 1.29 is 19.0 Å². The molecule has 0 amide bonds. The number of aliphatic carboxylic acids is 1. The lowest BCUT2D eigenvalue weighted by molar-refractivity contribution is -0.143. The van der Waals surface area contributed by atoms with Gasteiger partial charge < -0.3 is 9.84 Å². The number of ether oxygens (including phenoxy) is 1. The van der Waals surface area contributed by atoms with Gasteiger partial charge in [0.15, 0.2) is 0 Å². The molecule has 14 heavy (non-hydrogen) atoms. The molecule has 2 rings (SSSR count). The predicted octanol–water partition coefficient (Wildman–Crippen LogP) is 1.46. The monoisotopic (exact) mass is 196 g/mol. The predicted molar refractivity (Wildman–Crippen MR) is 46.7 cm³/mol. The van der Waals surface area contributed by atoms with Crippen LogP contribution < -0.4 is 4.74 Å². The molecule has 0 fully saturated rings. The van der Waals surface area contributed by atoms with Crippen LogP contribution in [0, 0.1) is 11.7 Å². The van der Waals surface area contributed by atoms with Crippen molar-refractivity contribution in [2.24, 2.45) is 5.92 Å². The van der Waals surface area contributed by atoms with E-state index in [0.29, 0.717) is 12.2 Å². The van der Waals surface area contributed by atoms with Crippen LogP contribution in [0.3, 0.4) is 0 Å². The van der Waals surface area contributed by atoms with Gasteiger partial charge in [0.05, 0.1) is 5.92 Å². The molecular weight excluding hydrogens is 187 g/mol. The van der Waals surface area contributed by atoms with Gasteiger partial charge in [-0.05, 0) is 18.1 Å². The standard InChI is InChI=1S/C10H9FO3/c11-8-2-1-6-3-7(10(12)13)5-14-9(6)4-8/h1-2,4,7H,3,5H2,(H,12,13)/t7-/m1/s1. The Morgan fingerprint density at radius 3 is 3.07 bits per heavy atom. The summed E-state index contributed by atoms with van der Waals surface area (Å²) >= 11 is 0. The first-order valence-electron chi connectivity index (χ1n) is 4.31. The number of rotatable bonds is 1. The molecule has 0 radical (unpaired) electrons. The van der Waals surface area contributed by atoms with Gasteiger partial charge in [-0.1, -0.05) is 6.07 Å². The Morgan fingerprint density at radius 1 is 1.57 bits per heavy atom. The van der Waals surface area contributed by atoms with E-state index in [1.54, 1.807) is 6.07 Å². The fraction of sp³-hybridized carbons (Fsp3) is 0.300. The Morgan fingerprint density at radius 2 is 2.36 bits per heavy atom. The third-order valence-corrected chi connectivity index (χ3v) is 2.28. The van der Waals surface area contributed by atoms with Crippen molar-refractivity contribution in [2.75, 3.05) is 6.61 Å². The van der Waals surface area contributed by atoms with Crippen LogP contribution in [0.1, 0.15) is 5.56 Å². The van der Waals surface area contributed by atoms with Crippen molar-refractivity contribution in [2.45, 2.75) is 6.42 Å². The highest BCUT2D eigenvalue weighted by Crippen LogP contribution is 2.27. The van der Waals surface area contributed by atoms with Crippen molar-refractivity contribution >= 4 is 5.97 Å². The minimum atomic E-state index is -0.875. The molecule has 0 unspecified atom stereocenters. The van der Waals surface area contributed by atoms with Crippen LogP contribution in [-0.4, -0.2) is 17.7 Å². The number of carboxylic acids is 1. The van der Waals surface area contributed by atoms with Crippen LogP contribution in [0.25, 0.3) is 0 Å². The highest BCUT2D eigenvalue weighted by Gasteiger charge is 2.25. The summed E-state index contributed by atoms with van der Waals surface area (Å²) in [6.45, 7) is 0.117. The molecule has 0 saturated heterocycles. The number of halogens is 1.